The highest BCUT2D eigenvalue weighted by molar-refractivity contribution is 7.52. The smallest absolute Gasteiger partial charge is 0.327 e. The van der Waals surface area contributed by atoms with Gasteiger partial charge in [0.25, 0.3) is 11.4 Å². The third-order valence-corrected chi connectivity index (χ3v) is 22.6. The van der Waals surface area contributed by atoms with Gasteiger partial charge in [0, 0.05) is 53.7 Å². The van der Waals surface area contributed by atoms with Crippen LogP contribution in [0.3, 0.4) is 0 Å². The second kappa shape index (κ2) is 59.3. The van der Waals surface area contributed by atoms with Gasteiger partial charge in [-0.25, -0.2) is 4.39 Å². The summed E-state index contributed by atoms with van der Waals surface area (Å²) >= 11 is 0. The van der Waals surface area contributed by atoms with Crippen molar-refractivity contribution in [2.24, 2.45) is 5.73 Å². The molecule has 8 aliphatic rings. The van der Waals surface area contributed by atoms with E-state index in [0.717, 1.165) is 6.42 Å². The first-order valence-corrected chi connectivity index (χ1v) is 48.4. The fraction of sp³-hybridized carbons (Fsp3) is 0.935. The van der Waals surface area contributed by atoms with Crippen LogP contribution in [0.5, 0.6) is 0 Å². The molecule has 9 rings (SSSR count). The molecule has 2 N–H and O–H groups in total. The first-order chi connectivity index (χ1) is 59.8. The van der Waals surface area contributed by atoms with Gasteiger partial charge >= 0.3 is 7.60 Å². The molecule has 0 aromatic heterocycles. The molecule has 8 aliphatic heterocycles. The number of nitrogens with zero attached hydrogens (tertiary/aromatic N) is 2. The molecule has 36 heteroatoms. The van der Waals surface area contributed by atoms with Crippen molar-refractivity contribution in [3.8, 4) is 0 Å². The number of methoxy groups -OCH3 is 3. The van der Waals surface area contributed by atoms with E-state index in [4.69, 9.17) is 128 Å². The van der Waals surface area contributed by atoms with Crippen molar-refractivity contribution >= 4 is 19.0 Å². The predicted octanol–water partition coefficient (Wildman–Crippen LogP) is 14.7. The molecular formula is C92H173FN3O31P. The lowest BCUT2D eigenvalue weighted by molar-refractivity contribution is -0.396. The molecule has 34 nitrogen and oxygen atoms in total. The van der Waals surface area contributed by atoms with Gasteiger partial charge in [-0.2, -0.15) is 0 Å². The van der Waals surface area contributed by atoms with Gasteiger partial charge in [0.2, 0.25) is 0 Å². The Kier molecular flexibility index (Phi) is 55.2. The minimum absolute atomic E-state index is 0.00120. The van der Waals surface area contributed by atoms with Gasteiger partial charge in [-0.1, -0.05) is 0 Å². The number of nitrogens with two attached hydrogens (primary N) is 1. The Morgan fingerprint density at radius 2 is 0.828 bits per heavy atom. The first kappa shape index (κ1) is 119. The maximum atomic E-state index is 13.8. The fourth-order valence-electron chi connectivity index (χ4n) is 15.8. The van der Waals surface area contributed by atoms with Gasteiger partial charge in [0.05, 0.1) is 216 Å². The first-order valence-electron chi connectivity index (χ1n) is 46.4. The largest absolute Gasteiger partial charge is 0.382 e. The summed E-state index contributed by atoms with van der Waals surface area (Å²) in [5.74, 6) is -0.657. The van der Waals surface area contributed by atoms with E-state index in [9.17, 15) is 29.2 Å². The summed E-state index contributed by atoms with van der Waals surface area (Å²) in [5, 5.41) is 23.1. The van der Waals surface area contributed by atoms with Crippen molar-refractivity contribution in [2.45, 2.75) is 458 Å². The summed E-state index contributed by atoms with van der Waals surface area (Å²) in [6.07, 6.45) is -1.96. The van der Waals surface area contributed by atoms with Crippen LogP contribution in [0.25, 0.3) is 0 Å². The maximum absolute atomic E-state index is 13.8. The fourth-order valence-corrected chi connectivity index (χ4v) is 16.7. The van der Waals surface area contributed by atoms with E-state index in [2.05, 4.69) is 20.8 Å². The van der Waals surface area contributed by atoms with E-state index in [1.54, 1.807) is 35.2 Å². The minimum atomic E-state index is -3.07. The molecule has 0 radical (unpaired) electrons. The van der Waals surface area contributed by atoms with E-state index >= 15 is 0 Å². The molecule has 28 atom stereocenters. The number of halogens is 1. The Bertz CT molecular complexity index is 3130. The monoisotopic (exact) mass is 1870 g/mol. The normalized spacial score (nSPS) is 33.0. The number of hydrogen-bond acceptors (Lipinski definition) is 32. The van der Waals surface area contributed by atoms with Crippen LogP contribution in [0.15, 0.2) is 18.2 Å². The molecule has 0 saturated carbocycles. The van der Waals surface area contributed by atoms with Crippen LogP contribution in [0.1, 0.15) is 233 Å². The highest BCUT2D eigenvalue weighted by Crippen LogP contribution is 2.53. The van der Waals surface area contributed by atoms with Crippen LogP contribution < -0.4 is 5.73 Å². The van der Waals surface area contributed by atoms with Gasteiger partial charge in [-0.05, 0) is 221 Å². The third-order valence-electron chi connectivity index (χ3n) is 21.3. The average molecular weight is 1870 g/mol. The molecule has 8 heterocycles. The van der Waals surface area contributed by atoms with Crippen LogP contribution in [-0.4, -0.2) is 342 Å². The van der Waals surface area contributed by atoms with Gasteiger partial charge in [-0.15, -0.1) is 0 Å². The van der Waals surface area contributed by atoms with E-state index in [0.29, 0.717) is 59.5 Å². The van der Waals surface area contributed by atoms with Gasteiger partial charge in [0.15, 0.2) is 6.17 Å². The zero-order valence-electron chi connectivity index (χ0n) is 84.4. The Balaban J connectivity index is 0.000000389. The molecule has 1 aromatic carbocycles. The minimum Gasteiger partial charge on any atom is -0.382 e. The molecule has 128 heavy (non-hydrogen) atoms. The second-order valence-electron chi connectivity index (χ2n) is 37.3. The van der Waals surface area contributed by atoms with Crippen LogP contribution in [0.2, 0.25) is 0 Å². The van der Waals surface area contributed by atoms with Crippen LogP contribution in [-0.2, 0) is 127 Å². The highest BCUT2D eigenvalue weighted by Gasteiger charge is 2.63. The summed E-state index contributed by atoms with van der Waals surface area (Å²) in [5.41, 5.74) is 4.84. The number of hydrogen-bond donors (Lipinski definition) is 1. The van der Waals surface area contributed by atoms with E-state index in [1.807, 2.05) is 180 Å². The average Bonchev–Trinajstić information content (AvgIpc) is 1.58. The summed E-state index contributed by atoms with van der Waals surface area (Å²) < 4.78 is 173. The van der Waals surface area contributed by atoms with Crippen molar-refractivity contribution in [2.75, 3.05) is 101 Å². The number of nitro benzene ring substituents is 2. The van der Waals surface area contributed by atoms with Crippen molar-refractivity contribution < 1.29 is 142 Å². The molecule has 0 amide bonds. The molecule has 1 aromatic rings. The Morgan fingerprint density at radius 1 is 0.453 bits per heavy atom. The van der Waals surface area contributed by atoms with Crippen molar-refractivity contribution in [3.05, 3.63) is 44.0 Å². The van der Waals surface area contributed by atoms with Gasteiger partial charge in [-0.3, -0.25) is 29.3 Å². The second-order valence-corrected chi connectivity index (χ2v) is 39.4. The summed E-state index contributed by atoms with van der Waals surface area (Å²) in [6.45, 7) is 67.3. The lowest BCUT2D eigenvalue weighted by atomic mass is 9.86. The summed E-state index contributed by atoms with van der Waals surface area (Å²) in [4.78, 5) is 21.9. The zero-order chi connectivity index (χ0) is 97.1. The molecule has 2 bridgehead atoms. The Labute approximate surface area is 766 Å². The standard InChI is InChI=1S/C18H26N2O7.C15H30O5.C13H26O4.C12H23FO3.C12H25NO3.C12H24O3.C10H19O6P/c1-10(2)25-9-15-18(26-11(3)4)16(12(5)27-15)17-13(19(21)22)7-6-8-14(17)20(23)24;1-10(2)18-9-13-15(19-11(3)4)14(12(5)20-13)17-8-7-16-6;1-8(2)15-7-11-13(16-9(3)4)12(14-6)10(5)17-11;2*1-7(2)14-6-10-12(15-8(3)4)11(13)9(5)16-10;1-8(2)13-7-12-11(14-9(3)4)6-10(5)15-12;1-7-8-9(16-17(4,11)13-3)10(15-7,5-12-2)6-14-8/h6-8,10-12,15-16,18H,9H2,1-5H3;10-15H,7-9H2,1-6H3;8-13H,7H2,1-6H3;7-12H,6H2,1-5H3;7-12H,6,13H2,1-5H3;8-12H,6-7H2,1-5H3;7-9H,5-6H2,1-4H3/t12-,15+,16?,18-;12-,13+,14?,15-;10-,11+,12?,13-;2*9-,10+,11?,12-;10-,11+,12+;7-,8?,9+,10-,17?/m0000000/s1. The zero-order valence-corrected chi connectivity index (χ0v) is 85.3. The molecular weight excluding hydrogens is 1690 g/mol. The molecule has 8 saturated heterocycles. The van der Waals surface area contributed by atoms with Crippen LogP contribution in [0, 0.1) is 20.2 Å². The van der Waals surface area contributed by atoms with Crippen molar-refractivity contribution in [1.29, 1.82) is 0 Å². The SMILES string of the molecule is CC(C)OC[C@H]1O[C@@H](C)C(F)[C@H]1OC(C)C.CC(C)OC[C@H]1O[C@@H](C)C(N)[C@H]1OC(C)C.CC(C)OC[C@H]1O[C@@H](C)C(c2c([N+](=O)[O-])cccc2[N+](=O)[O-])[C@H]1OC(C)C.CC(C)OC[C@H]1O[C@@H](C)C[C@H]1OC(C)C.COC1[C@H](C)O[C@H](COC(C)C)[C@@H]1OC(C)C.COCCOC1[C@H](C)O[C@H](COC(C)C)[C@@H]1OC(C)C.COC[C@@]12COC([C@H](C)O1)[C@H]2OP(C)(=O)OC. The van der Waals surface area contributed by atoms with Crippen molar-refractivity contribution in [1.82, 2.24) is 0 Å². The molecule has 0 spiro atoms. The van der Waals surface area contributed by atoms with Crippen LogP contribution in [0.4, 0.5) is 15.8 Å². The lowest BCUT2D eigenvalue weighted by Gasteiger charge is -2.30. The lowest BCUT2D eigenvalue weighted by Crippen LogP contribution is -2.45. The molecule has 8 fully saturated rings. The quantitative estimate of drug-likeness (QED) is 0.0275. The van der Waals surface area contributed by atoms with E-state index < -0.39 is 71.8 Å². The van der Waals surface area contributed by atoms with Gasteiger partial charge in [0.1, 0.15) is 96.6 Å². The molecule has 7 unspecified atom stereocenters. The van der Waals surface area contributed by atoms with Gasteiger partial charge < -0.3 is 124 Å². The number of rotatable bonds is 43. The Morgan fingerprint density at radius 3 is 1.23 bits per heavy atom. The maximum Gasteiger partial charge on any atom is 0.327 e. The third kappa shape index (κ3) is 40.4. The van der Waals surface area contributed by atoms with Crippen LogP contribution >= 0.6 is 7.60 Å². The summed E-state index contributed by atoms with van der Waals surface area (Å²) in [7, 11) is 3.26. The number of nitro groups is 2. The molecule has 0 aliphatic carbocycles. The Hall–Kier alpha value is -2.90. The topological polar surface area (TPSA) is 369 Å². The number of alkyl halides is 1. The number of ether oxygens (including phenoxy) is 24. The van der Waals surface area contributed by atoms with E-state index in [-0.39, 0.29) is 207 Å². The highest BCUT2D eigenvalue weighted by atomic mass is 31.2. The van der Waals surface area contributed by atoms with E-state index in [1.165, 1.54) is 32.0 Å². The number of benzene rings is 1. The van der Waals surface area contributed by atoms with Crippen molar-refractivity contribution in [3.63, 3.8) is 0 Å². The number of fused-ring (bicyclic) bond motifs is 2. The predicted molar refractivity (Wildman–Crippen MR) is 485 cm³/mol. The summed E-state index contributed by atoms with van der Waals surface area (Å²) in [6, 6.07) is 3.81. The molecule has 754 valence electrons.